The van der Waals surface area contributed by atoms with Crippen LogP contribution in [0.4, 0.5) is 4.39 Å². The van der Waals surface area contributed by atoms with Crippen molar-refractivity contribution in [3.8, 4) is 10.6 Å². The van der Waals surface area contributed by atoms with Gasteiger partial charge in [-0.25, -0.2) is 9.37 Å². The Labute approximate surface area is 113 Å². The highest BCUT2D eigenvalue weighted by molar-refractivity contribution is 7.15. The van der Waals surface area contributed by atoms with E-state index in [9.17, 15) is 9.50 Å². The SMILES string of the molecule is OC1CCCc2nc(-c3c(F)cccc3Cl)sc21. The van der Waals surface area contributed by atoms with Gasteiger partial charge in [-0.2, -0.15) is 0 Å². The number of benzene rings is 1. The molecule has 0 saturated carbocycles. The molecule has 1 aromatic heterocycles. The third kappa shape index (κ3) is 1.94. The van der Waals surface area contributed by atoms with Gasteiger partial charge in [-0.15, -0.1) is 11.3 Å². The van der Waals surface area contributed by atoms with Crippen molar-refractivity contribution in [3.05, 3.63) is 39.6 Å². The van der Waals surface area contributed by atoms with Crippen molar-refractivity contribution in [2.24, 2.45) is 0 Å². The first-order valence-corrected chi connectivity index (χ1v) is 6.98. The Bertz CT molecular complexity index is 578. The number of rotatable bonds is 1. The first kappa shape index (κ1) is 12.1. The summed E-state index contributed by atoms with van der Waals surface area (Å²) in [6.07, 6.45) is 2.04. The van der Waals surface area contributed by atoms with Crippen molar-refractivity contribution in [2.45, 2.75) is 25.4 Å². The van der Waals surface area contributed by atoms with Gasteiger partial charge in [0.25, 0.3) is 0 Å². The third-order valence-corrected chi connectivity index (χ3v) is 4.63. The van der Waals surface area contributed by atoms with Crippen LogP contribution in [0, 0.1) is 5.82 Å². The molecule has 1 aliphatic carbocycles. The number of thiazole rings is 1. The van der Waals surface area contributed by atoms with Crippen LogP contribution in [0.1, 0.15) is 29.5 Å². The summed E-state index contributed by atoms with van der Waals surface area (Å²) >= 11 is 7.37. The summed E-state index contributed by atoms with van der Waals surface area (Å²) in [4.78, 5) is 5.28. The number of aliphatic hydroxyl groups is 1. The largest absolute Gasteiger partial charge is 0.388 e. The Morgan fingerprint density at radius 2 is 2.28 bits per heavy atom. The van der Waals surface area contributed by atoms with Crippen LogP contribution in [-0.4, -0.2) is 10.1 Å². The number of aliphatic hydroxyl groups excluding tert-OH is 1. The minimum Gasteiger partial charge on any atom is -0.388 e. The van der Waals surface area contributed by atoms with Gasteiger partial charge in [0.2, 0.25) is 0 Å². The number of aryl methyl sites for hydroxylation is 1. The summed E-state index contributed by atoms with van der Waals surface area (Å²) in [5.41, 5.74) is 1.22. The Kier molecular flexibility index (Phi) is 3.09. The van der Waals surface area contributed by atoms with Gasteiger partial charge in [0.15, 0.2) is 0 Å². The van der Waals surface area contributed by atoms with Crippen LogP contribution in [0.5, 0.6) is 0 Å². The van der Waals surface area contributed by atoms with Gasteiger partial charge in [0.1, 0.15) is 10.8 Å². The Morgan fingerprint density at radius 1 is 1.44 bits per heavy atom. The third-order valence-electron chi connectivity index (χ3n) is 3.10. The lowest BCUT2D eigenvalue weighted by Gasteiger charge is -2.14. The van der Waals surface area contributed by atoms with Crippen molar-refractivity contribution < 1.29 is 9.50 Å². The minimum atomic E-state index is -0.467. The summed E-state index contributed by atoms with van der Waals surface area (Å²) in [5.74, 6) is -0.372. The van der Waals surface area contributed by atoms with Gasteiger partial charge >= 0.3 is 0 Å². The molecule has 0 fully saturated rings. The Hall–Kier alpha value is -0.970. The van der Waals surface area contributed by atoms with E-state index in [1.165, 1.54) is 17.4 Å². The van der Waals surface area contributed by atoms with Crippen LogP contribution >= 0.6 is 22.9 Å². The maximum atomic E-state index is 13.8. The second-order valence-corrected chi connectivity index (χ2v) is 5.77. The van der Waals surface area contributed by atoms with Gasteiger partial charge in [-0.1, -0.05) is 17.7 Å². The summed E-state index contributed by atoms with van der Waals surface area (Å²) < 4.78 is 13.8. The zero-order valence-electron chi connectivity index (χ0n) is 9.49. The molecule has 0 aliphatic heterocycles. The molecule has 0 radical (unpaired) electrons. The van der Waals surface area contributed by atoms with Crippen LogP contribution in [0.2, 0.25) is 5.02 Å². The highest BCUT2D eigenvalue weighted by Crippen LogP contribution is 2.40. The molecule has 0 amide bonds. The van der Waals surface area contributed by atoms with E-state index in [0.717, 1.165) is 29.8 Å². The Balaban J connectivity index is 2.13. The molecule has 1 N–H and O–H groups in total. The zero-order valence-corrected chi connectivity index (χ0v) is 11.1. The van der Waals surface area contributed by atoms with E-state index in [-0.39, 0.29) is 5.82 Å². The average molecular weight is 284 g/mol. The quantitative estimate of drug-likeness (QED) is 0.859. The van der Waals surface area contributed by atoms with Crippen LogP contribution in [0.25, 0.3) is 10.6 Å². The first-order chi connectivity index (χ1) is 8.66. The van der Waals surface area contributed by atoms with Gasteiger partial charge in [0.05, 0.1) is 27.3 Å². The lowest BCUT2D eigenvalue weighted by molar-refractivity contribution is 0.160. The lowest BCUT2D eigenvalue weighted by Crippen LogP contribution is -2.06. The van der Waals surface area contributed by atoms with Crippen molar-refractivity contribution in [3.63, 3.8) is 0 Å². The molecule has 1 aromatic carbocycles. The smallest absolute Gasteiger partial charge is 0.134 e. The lowest BCUT2D eigenvalue weighted by atomic mass is 10.0. The summed E-state index contributed by atoms with van der Waals surface area (Å²) in [6.45, 7) is 0. The minimum absolute atomic E-state index is 0.339. The topological polar surface area (TPSA) is 33.1 Å². The second kappa shape index (κ2) is 4.61. The van der Waals surface area contributed by atoms with E-state index in [1.807, 2.05) is 0 Å². The number of fused-ring (bicyclic) bond motifs is 1. The molecule has 5 heteroatoms. The molecule has 1 aliphatic rings. The van der Waals surface area contributed by atoms with Crippen LogP contribution in [0.15, 0.2) is 18.2 Å². The number of nitrogens with zero attached hydrogens (tertiary/aromatic N) is 1. The van der Waals surface area contributed by atoms with Crippen molar-refractivity contribution in [1.82, 2.24) is 4.98 Å². The Morgan fingerprint density at radius 3 is 3.00 bits per heavy atom. The maximum absolute atomic E-state index is 13.8. The van der Waals surface area contributed by atoms with E-state index in [2.05, 4.69) is 4.98 Å². The van der Waals surface area contributed by atoms with Gasteiger partial charge in [0, 0.05) is 0 Å². The molecule has 1 atom stereocenters. The molecule has 3 rings (SSSR count). The fourth-order valence-corrected chi connectivity index (χ4v) is 3.71. The molecule has 0 bridgehead atoms. The maximum Gasteiger partial charge on any atom is 0.134 e. The number of hydrogen-bond donors (Lipinski definition) is 1. The first-order valence-electron chi connectivity index (χ1n) is 5.79. The van der Waals surface area contributed by atoms with Crippen LogP contribution in [-0.2, 0) is 6.42 Å². The molecule has 94 valence electrons. The summed E-state index contributed by atoms with van der Waals surface area (Å²) in [6, 6.07) is 4.60. The number of halogens is 2. The van der Waals surface area contributed by atoms with E-state index in [4.69, 9.17) is 11.6 Å². The normalized spacial score (nSPS) is 18.7. The molecular weight excluding hydrogens is 273 g/mol. The van der Waals surface area contributed by atoms with Gasteiger partial charge < -0.3 is 5.11 Å². The van der Waals surface area contributed by atoms with E-state index >= 15 is 0 Å². The number of hydrogen-bond acceptors (Lipinski definition) is 3. The molecular formula is C13H11ClFNOS. The molecule has 2 nitrogen and oxygen atoms in total. The van der Waals surface area contributed by atoms with E-state index < -0.39 is 6.10 Å². The van der Waals surface area contributed by atoms with Gasteiger partial charge in [-0.3, -0.25) is 0 Å². The molecule has 2 aromatic rings. The molecule has 18 heavy (non-hydrogen) atoms. The monoisotopic (exact) mass is 283 g/mol. The fraction of sp³-hybridized carbons (Fsp3) is 0.308. The van der Waals surface area contributed by atoms with Crippen molar-refractivity contribution in [2.75, 3.05) is 0 Å². The molecule has 0 saturated heterocycles. The average Bonchev–Trinajstić information content (AvgIpc) is 2.74. The van der Waals surface area contributed by atoms with Gasteiger partial charge in [-0.05, 0) is 31.4 Å². The standard InChI is InChI=1S/C13H11ClFNOS/c14-7-3-1-4-8(15)11(7)13-16-9-5-2-6-10(17)12(9)18-13/h1,3-4,10,17H,2,5-6H2. The van der Waals surface area contributed by atoms with Crippen LogP contribution in [0.3, 0.4) is 0 Å². The second-order valence-electron chi connectivity index (χ2n) is 4.33. The van der Waals surface area contributed by atoms with E-state index in [0.29, 0.717) is 15.6 Å². The van der Waals surface area contributed by atoms with Crippen molar-refractivity contribution in [1.29, 1.82) is 0 Å². The number of aromatic nitrogens is 1. The van der Waals surface area contributed by atoms with E-state index in [1.54, 1.807) is 12.1 Å². The molecule has 0 spiro atoms. The van der Waals surface area contributed by atoms with Crippen molar-refractivity contribution >= 4 is 22.9 Å². The summed E-state index contributed by atoms with van der Waals surface area (Å²) in [7, 11) is 0. The summed E-state index contributed by atoms with van der Waals surface area (Å²) in [5, 5.41) is 10.8. The predicted molar refractivity (Wildman–Crippen MR) is 70.4 cm³/mol. The predicted octanol–water partition coefficient (Wildman–Crippen LogP) is 3.97. The molecule has 1 heterocycles. The highest BCUT2D eigenvalue weighted by atomic mass is 35.5. The molecule has 1 unspecified atom stereocenters. The van der Waals surface area contributed by atoms with Crippen LogP contribution < -0.4 is 0 Å². The fourth-order valence-electron chi connectivity index (χ4n) is 2.21. The zero-order chi connectivity index (χ0) is 12.7. The highest BCUT2D eigenvalue weighted by Gasteiger charge is 2.24.